The largest absolute Gasteiger partial charge is 0.483 e. The number of benzene rings is 1. The summed E-state index contributed by atoms with van der Waals surface area (Å²) in [7, 11) is 0. The third kappa shape index (κ3) is 5.76. The van der Waals surface area contributed by atoms with E-state index in [2.05, 4.69) is 41.1 Å². The second-order valence-corrected chi connectivity index (χ2v) is 7.58. The minimum Gasteiger partial charge on any atom is -0.483 e. The van der Waals surface area contributed by atoms with Gasteiger partial charge in [-0.25, -0.2) is 0 Å². The molecule has 0 bridgehead atoms. The maximum Gasteiger partial charge on any atom is 0.230 e. The lowest BCUT2D eigenvalue weighted by molar-refractivity contribution is -0.118. The molecule has 0 saturated carbocycles. The monoisotopic (exact) mass is 426 g/mol. The predicted octanol–water partition coefficient (Wildman–Crippen LogP) is 4.17. The van der Waals surface area contributed by atoms with Crippen LogP contribution in [0.15, 0.2) is 64.9 Å². The quantitative estimate of drug-likeness (QED) is 0.366. The number of hydrogen-bond donors (Lipinski definition) is 1. The summed E-state index contributed by atoms with van der Waals surface area (Å²) in [6, 6.07) is 11.6. The highest BCUT2D eigenvalue weighted by molar-refractivity contribution is 7.99. The molecule has 2 aromatic heterocycles. The van der Waals surface area contributed by atoms with E-state index in [4.69, 9.17) is 9.15 Å². The molecule has 2 heterocycles. The molecular formula is C22H26N4O3S. The van der Waals surface area contributed by atoms with Gasteiger partial charge in [0.1, 0.15) is 11.5 Å². The maximum atomic E-state index is 12.1. The number of nitrogens with zero attached hydrogens (tertiary/aromatic N) is 3. The number of hydrogen-bond acceptors (Lipinski definition) is 6. The normalized spacial score (nSPS) is 11.8. The van der Waals surface area contributed by atoms with E-state index in [1.54, 1.807) is 18.4 Å². The molecule has 30 heavy (non-hydrogen) atoms. The lowest BCUT2D eigenvalue weighted by atomic mass is 10.2. The Morgan fingerprint density at radius 2 is 2.13 bits per heavy atom. The number of carbonyl (C=O) groups is 1. The van der Waals surface area contributed by atoms with Crippen molar-refractivity contribution in [3.8, 4) is 5.75 Å². The number of allylic oxidation sites excluding steroid dienone is 1. The molecule has 3 aromatic rings. The molecule has 0 aliphatic heterocycles. The fourth-order valence-electron chi connectivity index (χ4n) is 2.85. The van der Waals surface area contributed by atoms with Crippen molar-refractivity contribution in [2.75, 3.05) is 5.75 Å². The zero-order valence-corrected chi connectivity index (χ0v) is 18.0. The minimum absolute atomic E-state index is 0.105. The first kappa shape index (κ1) is 21.7. The average Bonchev–Trinajstić information content (AvgIpc) is 3.41. The van der Waals surface area contributed by atoms with Gasteiger partial charge in [-0.2, -0.15) is 0 Å². The highest BCUT2D eigenvalue weighted by atomic mass is 32.2. The Hall–Kier alpha value is -3.00. The Morgan fingerprint density at radius 1 is 1.33 bits per heavy atom. The second kappa shape index (κ2) is 10.7. The highest BCUT2D eigenvalue weighted by Crippen LogP contribution is 2.25. The summed E-state index contributed by atoms with van der Waals surface area (Å²) in [5, 5.41) is 12.0. The lowest BCUT2D eigenvalue weighted by Crippen LogP contribution is -2.24. The molecule has 0 radical (unpaired) electrons. The van der Waals surface area contributed by atoms with Gasteiger partial charge >= 0.3 is 0 Å². The van der Waals surface area contributed by atoms with E-state index in [-0.39, 0.29) is 17.8 Å². The fourth-order valence-corrected chi connectivity index (χ4v) is 3.63. The first-order chi connectivity index (χ1) is 14.6. The number of aromatic nitrogens is 3. The van der Waals surface area contributed by atoms with Gasteiger partial charge < -0.3 is 14.5 Å². The highest BCUT2D eigenvalue weighted by Gasteiger charge is 2.19. The summed E-state index contributed by atoms with van der Waals surface area (Å²) >= 11 is 1.33. The van der Waals surface area contributed by atoms with Gasteiger partial charge in [0.2, 0.25) is 5.91 Å². The van der Waals surface area contributed by atoms with Crippen molar-refractivity contribution in [2.45, 2.75) is 44.6 Å². The molecule has 1 unspecified atom stereocenters. The van der Waals surface area contributed by atoms with Crippen molar-refractivity contribution >= 4 is 17.7 Å². The summed E-state index contributed by atoms with van der Waals surface area (Å²) in [4.78, 5) is 12.1. The van der Waals surface area contributed by atoms with Crippen molar-refractivity contribution < 1.29 is 13.9 Å². The van der Waals surface area contributed by atoms with Gasteiger partial charge in [-0.05, 0) is 43.2 Å². The number of ether oxygens (including phenoxy) is 1. The van der Waals surface area contributed by atoms with Crippen molar-refractivity contribution in [1.29, 1.82) is 0 Å². The molecule has 3 rings (SSSR count). The predicted molar refractivity (Wildman–Crippen MR) is 116 cm³/mol. The van der Waals surface area contributed by atoms with Crippen LogP contribution in [-0.2, 0) is 24.3 Å². The summed E-state index contributed by atoms with van der Waals surface area (Å²) in [6.07, 6.45) is 4.04. The third-order valence-corrected chi connectivity index (χ3v) is 5.40. The van der Waals surface area contributed by atoms with E-state index in [9.17, 15) is 4.79 Å². The van der Waals surface area contributed by atoms with Crippen molar-refractivity contribution in [3.05, 3.63) is 72.5 Å². The Balaban J connectivity index is 1.61. The summed E-state index contributed by atoms with van der Waals surface area (Å²) in [6.45, 7) is 8.76. The van der Waals surface area contributed by atoms with Crippen LogP contribution < -0.4 is 10.1 Å². The van der Waals surface area contributed by atoms with Crippen molar-refractivity contribution in [1.82, 2.24) is 20.1 Å². The van der Waals surface area contributed by atoms with Gasteiger partial charge in [0.05, 0.1) is 18.6 Å². The first-order valence-electron chi connectivity index (χ1n) is 9.82. The SMILES string of the molecule is C=CCn1c(SCC(=O)NCc2ccco2)nnc1C(C)Oc1ccc(CC)cc1. The molecule has 1 atom stereocenters. The van der Waals surface area contributed by atoms with Gasteiger partial charge in [0.15, 0.2) is 17.1 Å². The minimum atomic E-state index is -0.299. The van der Waals surface area contributed by atoms with Crippen molar-refractivity contribution in [3.63, 3.8) is 0 Å². The molecule has 0 aliphatic rings. The van der Waals surface area contributed by atoms with Crippen LogP contribution in [0.5, 0.6) is 5.75 Å². The molecule has 158 valence electrons. The zero-order chi connectivity index (χ0) is 21.3. The van der Waals surface area contributed by atoms with E-state index >= 15 is 0 Å². The molecule has 7 nitrogen and oxygen atoms in total. The molecule has 8 heteroatoms. The summed E-state index contributed by atoms with van der Waals surface area (Å²) in [5.41, 5.74) is 1.26. The molecule has 0 saturated heterocycles. The number of aryl methyl sites for hydroxylation is 1. The summed E-state index contributed by atoms with van der Waals surface area (Å²) < 4.78 is 13.2. The van der Waals surface area contributed by atoms with Gasteiger partial charge in [-0.15, -0.1) is 16.8 Å². The average molecular weight is 427 g/mol. The fraction of sp³-hybridized carbons (Fsp3) is 0.318. The van der Waals surface area contributed by atoms with E-state index < -0.39 is 0 Å². The van der Waals surface area contributed by atoms with Gasteiger partial charge in [-0.3, -0.25) is 9.36 Å². The molecule has 0 aliphatic carbocycles. The van der Waals surface area contributed by atoms with Crippen LogP contribution >= 0.6 is 11.8 Å². The number of furan rings is 1. The third-order valence-electron chi connectivity index (χ3n) is 4.44. The van der Waals surface area contributed by atoms with Crippen LogP contribution in [0.4, 0.5) is 0 Å². The van der Waals surface area contributed by atoms with Crippen LogP contribution in [0.25, 0.3) is 0 Å². The molecule has 1 amide bonds. The number of rotatable bonds is 11. The van der Waals surface area contributed by atoms with Crippen LogP contribution in [0.1, 0.15) is 37.1 Å². The second-order valence-electron chi connectivity index (χ2n) is 6.64. The van der Waals surface area contributed by atoms with Crippen LogP contribution in [-0.4, -0.2) is 26.4 Å². The van der Waals surface area contributed by atoms with Gasteiger partial charge in [0.25, 0.3) is 0 Å². The molecule has 1 aromatic carbocycles. The molecular weight excluding hydrogens is 400 g/mol. The van der Waals surface area contributed by atoms with Crippen molar-refractivity contribution in [2.24, 2.45) is 0 Å². The van der Waals surface area contributed by atoms with Gasteiger partial charge in [-0.1, -0.05) is 36.9 Å². The Bertz CT molecular complexity index is 951. The van der Waals surface area contributed by atoms with E-state index in [0.29, 0.717) is 29.8 Å². The molecule has 0 fully saturated rings. The Kier molecular flexibility index (Phi) is 7.73. The topological polar surface area (TPSA) is 82.2 Å². The van der Waals surface area contributed by atoms with E-state index in [0.717, 1.165) is 12.2 Å². The Morgan fingerprint density at radius 3 is 2.80 bits per heavy atom. The van der Waals surface area contributed by atoms with Gasteiger partial charge in [0, 0.05) is 6.54 Å². The first-order valence-corrected chi connectivity index (χ1v) is 10.8. The lowest BCUT2D eigenvalue weighted by Gasteiger charge is -2.16. The number of carbonyl (C=O) groups excluding carboxylic acids is 1. The zero-order valence-electron chi connectivity index (χ0n) is 17.2. The maximum absolute atomic E-state index is 12.1. The number of amides is 1. The Labute approximate surface area is 180 Å². The standard InChI is InChI=1S/C22H26N4O3S/c1-4-12-26-21(16(3)29-18-10-8-17(5-2)9-11-18)24-25-22(26)30-15-20(27)23-14-19-7-6-13-28-19/h4,6-11,13,16H,1,5,12,14-15H2,2-3H3,(H,23,27). The summed E-state index contributed by atoms with van der Waals surface area (Å²) in [5.74, 6) is 2.30. The number of nitrogens with one attached hydrogen (secondary N) is 1. The number of thioether (sulfide) groups is 1. The van der Waals surface area contributed by atoms with Crippen LogP contribution in [0.3, 0.4) is 0 Å². The molecule has 0 spiro atoms. The van der Waals surface area contributed by atoms with Crippen LogP contribution in [0, 0.1) is 0 Å². The van der Waals surface area contributed by atoms with Crippen LogP contribution in [0.2, 0.25) is 0 Å². The molecule has 1 N–H and O–H groups in total. The van der Waals surface area contributed by atoms with E-state index in [1.165, 1.54) is 17.3 Å². The smallest absolute Gasteiger partial charge is 0.230 e. The van der Waals surface area contributed by atoms with E-state index in [1.807, 2.05) is 29.7 Å².